The summed E-state index contributed by atoms with van der Waals surface area (Å²) in [5, 5.41) is 14.6. The van der Waals surface area contributed by atoms with Crippen molar-refractivity contribution in [3.63, 3.8) is 0 Å². The lowest BCUT2D eigenvalue weighted by Gasteiger charge is -2.13. The van der Waals surface area contributed by atoms with Gasteiger partial charge in [0.15, 0.2) is 0 Å². The third-order valence-corrected chi connectivity index (χ3v) is 3.96. The molecule has 1 aromatic carbocycles. The molecular weight excluding hydrogens is 234 g/mol. The summed E-state index contributed by atoms with van der Waals surface area (Å²) in [6.07, 6.45) is 0. The van der Waals surface area contributed by atoms with Crippen LogP contribution >= 0.6 is 11.8 Å². The summed E-state index contributed by atoms with van der Waals surface area (Å²) < 4.78 is 0. The topological polar surface area (TPSA) is 56.5 Å². The quantitative estimate of drug-likeness (QED) is 0.753. The van der Waals surface area contributed by atoms with Crippen molar-refractivity contribution in [3.8, 4) is 6.07 Å². The molecule has 1 amide bonds. The highest BCUT2D eigenvalue weighted by molar-refractivity contribution is 8.00. The predicted molar refractivity (Wildman–Crippen MR) is 66.9 cm³/mol. The first-order valence-electron chi connectivity index (χ1n) is 5.29. The molecule has 1 aromatic rings. The van der Waals surface area contributed by atoms with Gasteiger partial charge in [-0.15, -0.1) is 0 Å². The molecule has 0 spiro atoms. The van der Waals surface area contributed by atoms with Gasteiger partial charge in [-0.1, -0.05) is 6.07 Å². The molecule has 1 atom stereocenters. The second kappa shape index (κ2) is 3.90. The predicted octanol–water partition coefficient (Wildman–Crippen LogP) is 1.62. The van der Waals surface area contributed by atoms with Crippen LogP contribution in [0, 0.1) is 17.2 Å². The molecule has 17 heavy (non-hydrogen) atoms. The number of rotatable bonds is 1. The third-order valence-electron chi connectivity index (χ3n) is 2.89. The van der Waals surface area contributed by atoms with Crippen molar-refractivity contribution >= 4 is 29.1 Å². The van der Waals surface area contributed by atoms with E-state index >= 15 is 0 Å². The Morgan fingerprint density at radius 2 is 2.41 bits per heavy atom. The van der Waals surface area contributed by atoms with E-state index in [1.165, 1.54) is 5.01 Å². The monoisotopic (exact) mass is 243 g/mol. The van der Waals surface area contributed by atoms with Gasteiger partial charge >= 0.3 is 0 Å². The normalized spacial score (nSPS) is 22.3. The van der Waals surface area contributed by atoms with Crippen molar-refractivity contribution in [2.24, 2.45) is 11.0 Å². The average Bonchev–Trinajstić information content (AvgIpc) is 2.93. The zero-order valence-electron chi connectivity index (χ0n) is 8.96. The molecule has 2 aliphatic heterocycles. The Balaban J connectivity index is 1.98. The van der Waals surface area contributed by atoms with Gasteiger partial charge in [-0.25, -0.2) is 5.01 Å². The number of anilines is 1. The number of hydrazone groups is 1. The van der Waals surface area contributed by atoms with E-state index in [0.717, 1.165) is 17.2 Å². The Bertz CT molecular complexity index is 561. The zero-order valence-corrected chi connectivity index (χ0v) is 9.78. The largest absolute Gasteiger partial charge is 0.272 e. The number of hydrogen-bond donors (Lipinski definition) is 0. The fraction of sp³-hybridized carbons (Fsp3) is 0.250. The number of carbonyl (C=O) groups is 1. The van der Waals surface area contributed by atoms with Gasteiger partial charge in [-0.05, 0) is 18.2 Å². The number of thioether (sulfide) groups is 1. The summed E-state index contributed by atoms with van der Waals surface area (Å²) in [6, 6.07) is 9.04. The maximum atomic E-state index is 12.1. The minimum absolute atomic E-state index is 0.0279. The third kappa shape index (κ3) is 1.61. The molecule has 0 radical (unpaired) electrons. The van der Waals surface area contributed by atoms with Crippen LogP contribution in [0.1, 0.15) is 5.56 Å². The number of carbonyl (C=O) groups excluding carboxylic acids is 1. The molecule has 0 aliphatic carbocycles. The number of fused-ring (bicyclic) bond motifs is 1. The summed E-state index contributed by atoms with van der Waals surface area (Å²) in [4.78, 5) is 12.1. The molecule has 0 saturated carbocycles. The molecule has 5 heteroatoms. The van der Waals surface area contributed by atoms with Crippen LogP contribution in [0.15, 0.2) is 29.4 Å². The second-order valence-corrected chi connectivity index (χ2v) is 5.00. The molecule has 0 bridgehead atoms. The molecule has 1 saturated heterocycles. The van der Waals surface area contributed by atoms with Crippen molar-refractivity contribution in [1.82, 2.24) is 0 Å². The second-order valence-electron chi connectivity index (χ2n) is 3.97. The van der Waals surface area contributed by atoms with Gasteiger partial charge in [-0.3, -0.25) is 4.79 Å². The van der Waals surface area contributed by atoms with Gasteiger partial charge in [0.05, 0.1) is 28.9 Å². The van der Waals surface area contributed by atoms with Crippen LogP contribution < -0.4 is 5.01 Å². The molecule has 0 aromatic heterocycles. The van der Waals surface area contributed by atoms with E-state index in [2.05, 4.69) is 11.2 Å². The van der Waals surface area contributed by atoms with E-state index in [1.807, 2.05) is 0 Å². The lowest BCUT2D eigenvalue weighted by atomic mass is 10.1. The van der Waals surface area contributed by atoms with Crippen LogP contribution in [0.4, 0.5) is 5.69 Å². The fourth-order valence-corrected chi connectivity index (χ4v) is 3.16. The standard InChI is InChI=1S/C12H9N3OS/c13-5-8-2-1-3-9(4-8)15-12(16)10-6-17-7-11(10)14-15/h1-4,10H,6-7H2. The Morgan fingerprint density at radius 3 is 3.18 bits per heavy atom. The summed E-state index contributed by atoms with van der Waals surface area (Å²) in [5.74, 6) is 1.64. The molecular formula is C12H9N3OS. The molecule has 1 fully saturated rings. The van der Waals surface area contributed by atoms with Gasteiger partial charge in [0.1, 0.15) is 0 Å². The minimum Gasteiger partial charge on any atom is -0.272 e. The minimum atomic E-state index is -0.0502. The van der Waals surface area contributed by atoms with Gasteiger partial charge in [0, 0.05) is 11.5 Å². The van der Waals surface area contributed by atoms with Gasteiger partial charge in [0.25, 0.3) is 5.91 Å². The van der Waals surface area contributed by atoms with Crippen LogP contribution in [-0.2, 0) is 4.79 Å². The molecule has 3 rings (SSSR count). The highest BCUT2D eigenvalue weighted by Gasteiger charge is 2.39. The first-order valence-corrected chi connectivity index (χ1v) is 6.44. The van der Waals surface area contributed by atoms with E-state index in [-0.39, 0.29) is 11.8 Å². The molecule has 4 nitrogen and oxygen atoms in total. The molecule has 84 valence electrons. The summed E-state index contributed by atoms with van der Waals surface area (Å²) >= 11 is 1.74. The lowest BCUT2D eigenvalue weighted by molar-refractivity contribution is -0.119. The maximum absolute atomic E-state index is 12.1. The van der Waals surface area contributed by atoms with E-state index < -0.39 is 0 Å². The molecule has 0 N–H and O–H groups in total. The van der Waals surface area contributed by atoms with Crippen molar-refractivity contribution in [2.45, 2.75) is 0 Å². The van der Waals surface area contributed by atoms with Gasteiger partial charge < -0.3 is 0 Å². The first-order chi connectivity index (χ1) is 8.29. The Morgan fingerprint density at radius 1 is 1.53 bits per heavy atom. The van der Waals surface area contributed by atoms with Crippen molar-refractivity contribution in [2.75, 3.05) is 16.5 Å². The maximum Gasteiger partial charge on any atom is 0.257 e. The van der Waals surface area contributed by atoms with E-state index in [0.29, 0.717) is 11.3 Å². The Labute approximate surface area is 103 Å². The van der Waals surface area contributed by atoms with Gasteiger partial charge in [0.2, 0.25) is 0 Å². The van der Waals surface area contributed by atoms with Crippen LogP contribution in [0.25, 0.3) is 0 Å². The van der Waals surface area contributed by atoms with Crippen LogP contribution in [-0.4, -0.2) is 23.1 Å². The Hall–Kier alpha value is -1.80. The number of nitriles is 1. The first kappa shape index (κ1) is 10.4. The summed E-state index contributed by atoms with van der Waals surface area (Å²) in [5.41, 5.74) is 2.19. The van der Waals surface area contributed by atoms with Crippen LogP contribution in [0.3, 0.4) is 0 Å². The van der Waals surface area contributed by atoms with Crippen molar-refractivity contribution in [3.05, 3.63) is 29.8 Å². The number of benzene rings is 1. The van der Waals surface area contributed by atoms with Gasteiger partial charge in [-0.2, -0.15) is 22.1 Å². The van der Waals surface area contributed by atoms with E-state index in [9.17, 15) is 4.79 Å². The number of nitrogens with zero attached hydrogens (tertiary/aromatic N) is 3. The fourth-order valence-electron chi connectivity index (χ4n) is 2.01. The van der Waals surface area contributed by atoms with Crippen LogP contribution in [0.2, 0.25) is 0 Å². The summed E-state index contributed by atoms with van der Waals surface area (Å²) in [7, 11) is 0. The number of hydrogen-bond acceptors (Lipinski definition) is 4. The molecule has 1 unspecified atom stereocenters. The zero-order chi connectivity index (χ0) is 11.8. The summed E-state index contributed by atoms with van der Waals surface area (Å²) in [6.45, 7) is 0. The Kier molecular flexibility index (Phi) is 2.37. The van der Waals surface area contributed by atoms with Crippen molar-refractivity contribution < 1.29 is 4.79 Å². The smallest absolute Gasteiger partial charge is 0.257 e. The molecule has 2 aliphatic rings. The SMILES string of the molecule is N#Cc1cccc(N2N=C3CSCC3C2=O)c1. The van der Waals surface area contributed by atoms with Crippen LogP contribution in [0.5, 0.6) is 0 Å². The van der Waals surface area contributed by atoms with E-state index in [4.69, 9.17) is 5.26 Å². The molecule has 2 heterocycles. The van der Waals surface area contributed by atoms with E-state index in [1.54, 1.807) is 36.0 Å². The number of amides is 1. The lowest BCUT2D eigenvalue weighted by Crippen LogP contribution is -2.27. The highest BCUT2D eigenvalue weighted by Crippen LogP contribution is 2.31. The van der Waals surface area contributed by atoms with Crippen molar-refractivity contribution in [1.29, 1.82) is 5.26 Å². The highest BCUT2D eigenvalue weighted by atomic mass is 32.2. The average molecular weight is 243 g/mol.